The maximum absolute atomic E-state index is 9.19. The quantitative estimate of drug-likeness (QED) is 0.748. The van der Waals surface area contributed by atoms with Crippen molar-refractivity contribution in [3.05, 3.63) is 47.8 Å². The number of methoxy groups -OCH3 is 1. The zero-order chi connectivity index (χ0) is 17.2. The van der Waals surface area contributed by atoms with Crippen LogP contribution in [-0.4, -0.2) is 33.6 Å². The van der Waals surface area contributed by atoms with Gasteiger partial charge in [0, 0.05) is 22.7 Å². The number of hydrogen-bond acceptors (Lipinski definition) is 5. The maximum atomic E-state index is 9.19. The van der Waals surface area contributed by atoms with Crippen molar-refractivity contribution in [2.24, 2.45) is 0 Å². The van der Waals surface area contributed by atoms with Crippen LogP contribution in [0.5, 0.6) is 5.75 Å². The number of nitrogens with one attached hydrogen (secondary N) is 1. The highest BCUT2D eigenvalue weighted by Gasteiger charge is 2.24. The molecule has 2 heterocycles. The van der Waals surface area contributed by atoms with E-state index in [0.717, 1.165) is 41.7 Å². The second kappa shape index (κ2) is 6.72. The minimum Gasteiger partial charge on any atom is -0.497 e. The van der Waals surface area contributed by atoms with Crippen LogP contribution < -0.4 is 10.1 Å². The van der Waals surface area contributed by atoms with Crippen molar-refractivity contribution in [2.45, 2.75) is 31.8 Å². The minimum absolute atomic E-state index is 0.111. The van der Waals surface area contributed by atoms with Crippen LogP contribution in [-0.2, 0) is 13.0 Å². The average Bonchev–Trinajstić information content (AvgIpc) is 3.05. The molecule has 1 unspecified atom stereocenters. The van der Waals surface area contributed by atoms with Crippen molar-refractivity contribution in [2.75, 3.05) is 19.0 Å². The van der Waals surface area contributed by atoms with E-state index in [-0.39, 0.29) is 12.6 Å². The van der Waals surface area contributed by atoms with E-state index in [1.807, 2.05) is 35.1 Å². The molecule has 6 heteroatoms. The molecule has 0 saturated carbocycles. The van der Waals surface area contributed by atoms with Gasteiger partial charge in [0.25, 0.3) is 0 Å². The Morgan fingerprint density at radius 3 is 3.04 bits per heavy atom. The molecule has 1 aliphatic carbocycles. The minimum atomic E-state index is 0.111. The van der Waals surface area contributed by atoms with Crippen molar-refractivity contribution < 1.29 is 9.84 Å². The van der Waals surface area contributed by atoms with Crippen LogP contribution in [0.2, 0.25) is 0 Å². The number of rotatable bonds is 5. The van der Waals surface area contributed by atoms with Crippen LogP contribution in [0.15, 0.2) is 36.5 Å². The first-order chi connectivity index (χ1) is 12.3. The maximum Gasteiger partial charge on any atom is 0.127 e. The number of pyridine rings is 1. The Balaban J connectivity index is 1.61. The van der Waals surface area contributed by atoms with E-state index in [2.05, 4.69) is 16.5 Å². The Bertz CT molecular complexity index is 890. The molecule has 0 aliphatic heterocycles. The number of nitrogens with zero attached hydrogens (tertiary/aromatic N) is 3. The molecule has 130 valence electrons. The molecule has 1 aromatic carbocycles. The Morgan fingerprint density at radius 1 is 1.32 bits per heavy atom. The molecule has 0 radical (unpaired) electrons. The van der Waals surface area contributed by atoms with E-state index in [1.54, 1.807) is 7.11 Å². The van der Waals surface area contributed by atoms with Crippen molar-refractivity contribution in [1.82, 2.24) is 14.8 Å². The van der Waals surface area contributed by atoms with E-state index >= 15 is 0 Å². The van der Waals surface area contributed by atoms with Gasteiger partial charge in [-0.3, -0.25) is 4.68 Å². The summed E-state index contributed by atoms with van der Waals surface area (Å²) in [7, 11) is 1.66. The number of anilines is 1. The molecule has 0 saturated heterocycles. The topological polar surface area (TPSA) is 72.2 Å². The molecule has 4 rings (SSSR count). The highest BCUT2D eigenvalue weighted by molar-refractivity contribution is 5.81. The summed E-state index contributed by atoms with van der Waals surface area (Å²) in [5.74, 6) is 1.66. The van der Waals surface area contributed by atoms with Crippen molar-refractivity contribution >= 4 is 16.7 Å². The normalized spacial score (nSPS) is 16.6. The number of hydrogen-bond donors (Lipinski definition) is 2. The number of ether oxygens (including phenoxy) is 1. The van der Waals surface area contributed by atoms with Crippen LogP contribution >= 0.6 is 0 Å². The molecule has 2 N–H and O–H groups in total. The Kier molecular flexibility index (Phi) is 4.28. The van der Waals surface area contributed by atoms with Crippen molar-refractivity contribution in [3.63, 3.8) is 0 Å². The van der Waals surface area contributed by atoms with E-state index in [1.165, 1.54) is 11.3 Å². The van der Waals surface area contributed by atoms with Crippen LogP contribution in [0.4, 0.5) is 5.82 Å². The van der Waals surface area contributed by atoms with Gasteiger partial charge in [0.1, 0.15) is 11.6 Å². The van der Waals surface area contributed by atoms with Gasteiger partial charge < -0.3 is 15.2 Å². The first-order valence-electron chi connectivity index (χ1n) is 8.65. The molecule has 0 fully saturated rings. The van der Waals surface area contributed by atoms with Crippen LogP contribution in [0.3, 0.4) is 0 Å². The predicted octanol–water partition coefficient (Wildman–Crippen LogP) is 2.92. The molecule has 0 spiro atoms. The van der Waals surface area contributed by atoms with Crippen LogP contribution in [0.25, 0.3) is 10.9 Å². The van der Waals surface area contributed by atoms with E-state index < -0.39 is 0 Å². The van der Waals surface area contributed by atoms with E-state index in [9.17, 15) is 5.11 Å². The third-order valence-corrected chi connectivity index (χ3v) is 4.80. The van der Waals surface area contributed by atoms with Crippen LogP contribution in [0.1, 0.15) is 30.1 Å². The summed E-state index contributed by atoms with van der Waals surface area (Å²) in [5, 5.41) is 18.3. The van der Waals surface area contributed by atoms with Gasteiger partial charge in [0.15, 0.2) is 0 Å². The summed E-state index contributed by atoms with van der Waals surface area (Å²) < 4.78 is 7.21. The van der Waals surface area contributed by atoms with Crippen molar-refractivity contribution in [1.29, 1.82) is 0 Å². The molecule has 0 amide bonds. The highest BCUT2D eigenvalue weighted by atomic mass is 16.5. The molecule has 25 heavy (non-hydrogen) atoms. The number of aromatic nitrogens is 3. The van der Waals surface area contributed by atoms with Gasteiger partial charge in [-0.05, 0) is 43.5 Å². The van der Waals surface area contributed by atoms with E-state index in [4.69, 9.17) is 9.72 Å². The molecule has 0 bridgehead atoms. The van der Waals surface area contributed by atoms with Gasteiger partial charge >= 0.3 is 0 Å². The van der Waals surface area contributed by atoms with Gasteiger partial charge in [-0.15, -0.1) is 0 Å². The van der Waals surface area contributed by atoms with Gasteiger partial charge in [0.2, 0.25) is 0 Å². The van der Waals surface area contributed by atoms with Gasteiger partial charge in [-0.1, -0.05) is 0 Å². The summed E-state index contributed by atoms with van der Waals surface area (Å²) in [4.78, 5) is 4.74. The Labute approximate surface area is 146 Å². The number of aliphatic hydroxyl groups excluding tert-OH is 1. The van der Waals surface area contributed by atoms with Gasteiger partial charge in [0.05, 0.1) is 38.0 Å². The molecular weight excluding hydrogens is 316 g/mol. The van der Waals surface area contributed by atoms with Crippen LogP contribution in [0, 0.1) is 0 Å². The number of aliphatic hydroxyl groups is 1. The Morgan fingerprint density at radius 2 is 2.20 bits per heavy atom. The predicted molar refractivity (Wildman–Crippen MR) is 96.9 cm³/mol. The third kappa shape index (κ3) is 3.05. The summed E-state index contributed by atoms with van der Waals surface area (Å²) in [6.07, 6.45) is 5.08. The molecule has 1 atom stereocenters. The molecule has 6 nitrogen and oxygen atoms in total. The fourth-order valence-electron chi connectivity index (χ4n) is 3.54. The van der Waals surface area contributed by atoms with Gasteiger partial charge in [-0.2, -0.15) is 5.10 Å². The average molecular weight is 338 g/mol. The second-order valence-electron chi connectivity index (χ2n) is 6.34. The first-order valence-corrected chi connectivity index (χ1v) is 8.65. The standard InChI is InChI=1S/C19H22N4O2/c1-25-14-7-5-13-6-8-19(22-17(13)11-14)21-16-3-2-4-18-15(16)12-20-23(18)9-10-24/h5-8,11-12,16,24H,2-4,9-10H2,1H3,(H,21,22). The molecular formula is C19H22N4O2. The highest BCUT2D eigenvalue weighted by Crippen LogP contribution is 2.32. The summed E-state index contributed by atoms with van der Waals surface area (Å²) in [6, 6.07) is 10.2. The lowest BCUT2D eigenvalue weighted by atomic mass is 9.93. The number of fused-ring (bicyclic) bond motifs is 2. The molecule has 2 aromatic heterocycles. The fraction of sp³-hybridized carbons (Fsp3) is 0.368. The zero-order valence-corrected chi connectivity index (χ0v) is 14.3. The lowest BCUT2D eigenvalue weighted by Crippen LogP contribution is -2.19. The number of benzene rings is 1. The fourth-order valence-corrected chi connectivity index (χ4v) is 3.54. The smallest absolute Gasteiger partial charge is 0.127 e. The summed E-state index contributed by atoms with van der Waals surface area (Å²) >= 11 is 0. The SMILES string of the molecule is COc1ccc2ccc(NC3CCCc4c3cnn4CCO)nc2c1. The summed E-state index contributed by atoms with van der Waals surface area (Å²) in [6.45, 7) is 0.663. The lowest BCUT2D eigenvalue weighted by Gasteiger charge is -2.24. The Hall–Kier alpha value is -2.60. The largest absolute Gasteiger partial charge is 0.497 e. The molecule has 3 aromatic rings. The van der Waals surface area contributed by atoms with Crippen molar-refractivity contribution in [3.8, 4) is 5.75 Å². The first kappa shape index (κ1) is 15.9. The lowest BCUT2D eigenvalue weighted by molar-refractivity contribution is 0.266. The summed E-state index contributed by atoms with van der Waals surface area (Å²) in [5.41, 5.74) is 3.35. The van der Waals surface area contributed by atoms with E-state index in [0.29, 0.717) is 6.54 Å². The monoisotopic (exact) mass is 338 g/mol. The third-order valence-electron chi connectivity index (χ3n) is 4.80. The second-order valence-corrected chi connectivity index (χ2v) is 6.34. The zero-order valence-electron chi connectivity index (χ0n) is 14.3. The van der Waals surface area contributed by atoms with Gasteiger partial charge in [-0.25, -0.2) is 4.98 Å². The molecule has 1 aliphatic rings.